The van der Waals surface area contributed by atoms with Gasteiger partial charge in [0.05, 0.1) is 5.30 Å². The van der Waals surface area contributed by atoms with E-state index in [1.807, 2.05) is 60.7 Å². The average Bonchev–Trinajstić information content (AvgIpc) is 2.57. The Kier molecular flexibility index (Phi) is 3.33. The summed E-state index contributed by atoms with van der Waals surface area (Å²) in [5.74, 6) is 0.515. The first-order valence-corrected chi connectivity index (χ1v) is 9.01. The zero-order valence-electron chi connectivity index (χ0n) is 12.3. The van der Waals surface area contributed by atoms with Crippen LogP contribution in [0.15, 0.2) is 72.8 Å². The van der Waals surface area contributed by atoms with E-state index in [1.54, 1.807) is 12.1 Å². The lowest BCUT2D eigenvalue weighted by Gasteiger charge is -2.26. The van der Waals surface area contributed by atoms with Gasteiger partial charge in [-0.15, -0.1) is 0 Å². The van der Waals surface area contributed by atoms with E-state index in [4.69, 9.17) is 4.52 Å². The maximum Gasteiger partial charge on any atom is 0.408 e. The molecule has 1 N–H and O–H groups in total. The van der Waals surface area contributed by atoms with Crippen LogP contribution >= 0.6 is 7.60 Å². The second kappa shape index (κ2) is 5.38. The monoisotopic (exact) mass is 322 g/mol. The summed E-state index contributed by atoms with van der Waals surface area (Å²) in [5, 5.41) is 0.365. The van der Waals surface area contributed by atoms with Crippen LogP contribution in [0.4, 0.5) is 0 Å². The minimum absolute atomic E-state index is 0.365. The van der Waals surface area contributed by atoms with Crippen LogP contribution in [0.3, 0.4) is 0 Å². The zero-order chi connectivity index (χ0) is 15.9. The zero-order valence-corrected chi connectivity index (χ0v) is 13.2. The summed E-state index contributed by atoms with van der Waals surface area (Å²) in [6.45, 7) is 0. The molecule has 0 fully saturated rings. The van der Waals surface area contributed by atoms with Crippen molar-refractivity contribution in [3.8, 4) is 16.9 Å². The van der Waals surface area contributed by atoms with Gasteiger partial charge in [-0.05, 0) is 17.2 Å². The molecule has 0 amide bonds. The van der Waals surface area contributed by atoms with E-state index >= 15 is 0 Å². The van der Waals surface area contributed by atoms with Crippen LogP contribution in [-0.4, -0.2) is 4.89 Å². The van der Waals surface area contributed by atoms with E-state index in [0.717, 1.165) is 22.3 Å². The molecule has 0 saturated carbocycles. The minimum Gasteiger partial charge on any atom is -0.420 e. The van der Waals surface area contributed by atoms with Crippen LogP contribution < -0.4 is 9.83 Å². The molecule has 1 atom stereocenters. The normalized spacial score (nSPS) is 18.7. The largest absolute Gasteiger partial charge is 0.420 e. The third-order valence-corrected chi connectivity index (χ3v) is 5.48. The van der Waals surface area contributed by atoms with Gasteiger partial charge in [-0.25, -0.2) is 4.57 Å². The molecule has 0 saturated heterocycles. The Morgan fingerprint density at radius 1 is 0.826 bits per heavy atom. The molecule has 0 spiro atoms. The Labute approximate surface area is 134 Å². The van der Waals surface area contributed by atoms with Gasteiger partial charge >= 0.3 is 7.60 Å². The van der Waals surface area contributed by atoms with Gasteiger partial charge in [0, 0.05) is 17.5 Å². The van der Waals surface area contributed by atoms with Crippen LogP contribution in [-0.2, 0) is 11.0 Å². The summed E-state index contributed by atoms with van der Waals surface area (Å²) in [6, 6.07) is 23.0. The third kappa shape index (κ3) is 2.48. The molecule has 1 aliphatic heterocycles. The van der Waals surface area contributed by atoms with Gasteiger partial charge in [-0.1, -0.05) is 66.7 Å². The van der Waals surface area contributed by atoms with E-state index in [0.29, 0.717) is 17.5 Å². The van der Waals surface area contributed by atoms with Crippen molar-refractivity contribution in [3.63, 3.8) is 0 Å². The molecule has 0 aromatic heterocycles. The van der Waals surface area contributed by atoms with Crippen LogP contribution in [0, 0.1) is 0 Å². The highest BCUT2D eigenvalue weighted by Gasteiger charge is 2.35. The number of hydrogen-bond acceptors (Lipinski definition) is 2. The molecule has 1 unspecified atom stereocenters. The number of benzene rings is 3. The second-order valence-electron chi connectivity index (χ2n) is 5.59. The van der Waals surface area contributed by atoms with Crippen molar-refractivity contribution in [3.05, 3.63) is 83.9 Å². The molecule has 0 radical (unpaired) electrons. The highest BCUT2D eigenvalue weighted by atomic mass is 31.2. The van der Waals surface area contributed by atoms with E-state index in [9.17, 15) is 9.46 Å². The van der Waals surface area contributed by atoms with Gasteiger partial charge in [-0.2, -0.15) is 0 Å². The van der Waals surface area contributed by atoms with E-state index in [1.165, 1.54) is 0 Å². The molecule has 4 heteroatoms. The van der Waals surface area contributed by atoms with Crippen LogP contribution in [0.5, 0.6) is 5.75 Å². The van der Waals surface area contributed by atoms with Crippen LogP contribution in [0.25, 0.3) is 11.1 Å². The summed E-state index contributed by atoms with van der Waals surface area (Å²) >= 11 is 0. The van der Waals surface area contributed by atoms with Gasteiger partial charge in [0.1, 0.15) is 5.75 Å². The van der Waals surface area contributed by atoms with Crippen LogP contribution in [0.1, 0.15) is 11.1 Å². The Morgan fingerprint density at radius 3 is 2.35 bits per heavy atom. The van der Waals surface area contributed by atoms with Gasteiger partial charge in [0.2, 0.25) is 0 Å². The maximum absolute atomic E-state index is 12.6. The Morgan fingerprint density at radius 2 is 1.52 bits per heavy atom. The molecule has 114 valence electrons. The fourth-order valence-corrected chi connectivity index (χ4v) is 4.32. The molecule has 3 aromatic carbocycles. The summed E-state index contributed by atoms with van der Waals surface area (Å²) in [6.07, 6.45) is 0.659. The highest BCUT2D eigenvalue weighted by molar-refractivity contribution is 7.62. The van der Waals surface area contributed by atoms with Gasteiger partial charge in [0.15, 0.2) is 0 Å². The molecule has 0 aliphatic carbocycles. The fourth-order valence-electron chi connectivity index (χ4n) is 2.98. The van der Waals surface area contributed by atoms with Crippen molar-refractivity contribution in [2.45, 2.75) is 6.42 Å². The first kappa shape index (κ1) is 14.3. The predicted molar refractivity (Wildman–Crippen MR) is 91.2 cm³/mol. The van der Waals surface area contributed by atoms with Gasteiger partial charge in [0.25, 0.3) is 0 Å². The third-order valence-electron chi connectivity index (χ3n) is 4.05. The summed E-state index contributed by atoms with van der Waals surface area (Å²) in [4.78, 5) is 10.3. The van der Waals surface area contributed by atoms with E-state index in [2.05, 4.69) is 0 Å². The Balaban J connectivity index is 1.88. The van der Waals surface area contributed by atoms with E-state index < -0.39 is 7.60 Å². The number of hydrogen-bond donors (Lipinski definition) is 1. The van der Waals surface area contributed by atoms with Crippen molar-refractivity contribution < 1.29 is 14.0 Å². The van der Waals surface area contributed by atoms with Crippen molar-refractivity contribution >= 4 is 12.9 Å². The van der Waals surface area contributed by atoms with Crippen molar-refractivity contribution in [2.24, 2.45) is 0 Å². The minimum atomic E-state index is -3.84. The first-order valence-electron chi connectivity index (χ1n) is 7.43. The summed E-state index contributed by atoms with van der Waals surface area (Å²) in [5.41, 5.74) is 3.69. The summed E-state index contributed by atoms with van der Waals surface area (Å²) < 4.78 is 18.1. The molecule has 1 heterocycles. The quantitative estimate of drug-likeness (QED) is 0.721. The molecule has 3 aromatic rings. The topological polar surface area (TPSA) is 46.5 Å². The smallest absolute Gasteiger partial charge is 0.408 e. The second-order valence-corrected chi connectivity index (χ2v) is 7.29. The molecule has 4 rings (SSSR count). The summed E-state index contributed by atoms with van der Waals surface area (Å²) in [7, 11) is -3.84. The number of fused-ring (bicyclic) bond motifs is 3. The number of para-hydroxylation sites is 1. The van der Waals surface area contributed by atoms with Gasteiger partial charge in [-0.3, -0.25) is 0 Å². The standard InChI is InChI=1S/C19H15O3P/c20-23(21)18-12-5-4-10-16(18)17-11-6-9-15(19(17)22-23)13-14-7-2-1-3-8-14/h1-12H,13H2,(H,20,21). The maximum atomic E-state index is 12.6. The lowest BCUT2D eigenvalue weighted by atomic mass is 9.97. The lowest BCUT2D eigenvalue weighted by Crippen LogP contribution is -2.17. The van der Waals surface area contributed by atoms with Crippen molar-refractivity contribution in [2.75, 3.05) is 0 Å². The van der Waals surface area contributed by atoms with Crippen LogP contribution in [0.2, 0.25) is 0 Å². The average molecular weight is 322 g/mol. The van der Waals surface area contributed by atoms with Gasteiger partial charge < -0.3 is 9.42 Å². The highest BCUT2D eigenvalue weighted by Crippen LogP contribution is 2.52. The SMILES string of the molecule is O=P1(O)Oc2c(Cc3ccccc3)cccc2-c2ccccc21. The van der Waals surface area contributed by atoms with Crippen molar-refractivity contribution in [1.29, 1.82) is 0 Å². The molecule has 23 heavy (non-hydrogen) atoms. The number of rotatable bonds is 2. The molecule has 1 aliphatic rings. The Bertz CT molecular complexity index is 919. The molecular weight excluding hydrogens is 307 g/mol. The van der Waals surface area contributed by atoms with E-state index in [-0.39, 0.29) is 0 Å². The first-order chi connectivity index (χ1) is 11.1. The Hall–Kier alpha value is -2.35. The van der Waals surface area contributed by atoms with Crippen molar-refractivity contribution in [1.82, 2.24) is 0 Å². The molecule has 0 bridgehead atoms. The predicted octanol–water partition coefficient (Wildman–Crippen LogP) is 4.15. The fraction of sp³-hybridized carbons (Fsp3) is 0.0526. The lowest BCUT2D eigenvalue weighted by molar-refractivity contribution is 0.391. The molecular formula is C19H15O3P. The molecule has 3 nitrogen and oxygen atoms in total.